The summed E-state index contributed by atoms with van der Waals surface area (Å²) in [6.07, 6.45) is 2.89. The van der Waals surface area contributed by atoms with Crippen molar-refractivity contribution in [2.75, 3.05) is 25.0 Å². The first-order chi connectivity index (χ1) is 8.28. The minimum absolute atomic E-state index is 0. The van der Waals surface area contributed by atoms with Gasteiger partial charge in [0, 0.05) is 13.1 Å². The van der Waals surface area contributed by atoms with Gasteiger partial charge in [0.15, 0.2) is 0 Å². The van der Waals surface area contributed by atoms with Gasteiger partial charge >= 0.3 is 51.4 Å². The fraction of sp³-hybridized carbons (Fsp3) is 0.429. The van der Waals surface area contributed by atoms with Crippen LogP contribution in [-0.2, 0) is 0 Å². The Labute approximate surface area is 164 Å². The Bertz CT molecular complexity index is 415. The van der Waals surface area contributed by atoms with E-state index in [2.05, 4.69) is 9.88 Å². The molecular formula is C14H19ClKN3-2. The molecule has 1 aliphatic carbocycles. The van der Waals surface area contributed by atoms with Crippen molar-refractivity contribution in [3.8, 4) is 0 Å². The van der Waals surface area contributed by atoms with Gasteiger partial charge in [-0.1, -0.05) is 11.6 Å². The molecule has 1 aromatic rings. The van der Waals surface area contributed by atoms with E-state index in [1.54, 1.807) is 0 Å². The normalized spacial score (nSPS) is 22.2. The number of hydrogen-bond donors (Lipinski definition) is 0. The second kappa shape index (κ2) is 8.77. The second-order valence-electron chi connectivity index (χ2n) is 4.38. The standard InChI is InChI=1S/C12H12ClN2.CH4N.CH3.K/c1-2-8-3-4-11(14-12(8)13)15-6-9-5-10(9)7-15;1-2;;/h1-4,9-10H,5-7H2;2H,1H3;1H3;/q3*-1;+1. The zero-order chi connectivity index (χ0) is 12.4. The molecule has 100 valence electrons. The fourth-order valence-corrected chi connectivity index (χ4v) is 2.53. The van der Waals surface area contributed by atoms with Crippen LogP contribution in [0.1, 0.15) is 12.0 Å². The Balaban J connectivity index is 0.000000776. The third-order valence-corrected chi connectivity index (χ3v) is 3.65. The Morgan fingerprint density at radius 2 is 1.95 bits per heavy atom. The van der Waals surface area contributed by atoms with E-state index in [1.165, 1.54) is 19.5 Å². The predicted molar refractivity (Wildman–Crippen MR) is 78.5 cm³/mol. The molecular weight excluding hydrogens is 285 g/mol. The summed E-state index contributed by atoms with van der Waals surface area (Å²) >= 11 is 6.01. The van der Waals surface area contributed by atoms with Gasteiger partial charge in [-0.3, -0.25) is 6.58 Å². The average molecular weight is 304 g/mol. The summed E-state index contributed by atoms with van der Waals surface area (Å²) < 4.78 is 0. The summed E-state index contributed by atoms with van der Waals surface area (Å²) in [6.45, 7) is 7.70. The minimum Gasteiger partial charge on any atom is -0.680 e. The van der Waals surface area contributed by atoms with Gasteiger partial charge in [-0.05, 0) is 24.3 Å². The molecule has 0 aromatic carbocycles. The average Bonchev–Trinajstić information content (AvgIpc) is 2.98. The number of nitrogens with zero attached hydrogens (tertiary/aromatic N) is 2. The summed E-state index contributed by atoms with van der Waals surface area (Å²) in [5.41, 5.74) is 6.55. The van der Waals surface area contributed by atoms with Gasteiger partial charge in [0.05, 0.1) is 5.15 Å². The molecule has 1 saturated heterocycles. The van der Waals surface area contributed by atoms with Crippen LogP contribution in [0.5, 0.6) is 0 Å². The van der Waals surface area contributed by atoms with Crippen LogP contribution in [0.4, 0.5) is 5.82 Å². The van der Waals surface area contributed by atoms with Gasteiger partial charge in [0.25, 0.3) is 0 Å². The first kappa shape index (κ1) is 19.6. The molecule has 0 bridgehead atoms. The molecule has 2 fully saturated rings. The number of hydrogen-bond acceptors (Lipinski definition) is 2. The Morgan fingerprint density at radius 3 is 2.42 bits per heavy atom. The van der Waals surface area contributed by atoms with Crippen LogP contribution in [0.2, 0.25) is 5.15 Å². The molecule has 5 heteroatoms. The molecule has 1 saturated carbocycles. The number of anilines is 1. The zero-order valence-corrected chi connectivity index (χ0v) is 15.7. The van der Waals surface area contributed by atoms with Crippen molar-refractivity contribution in [1.82, 2.24) is 4.98 Å². The van der Waals surface area contributed by atoms with Gasteiger partial charge in [0.2, 0.25) is 0 Å². The molecule has 1 N–H and O–H groups in total. The van der Waals surface area contributed by atoms with Crippen molar-refractivity contribution in [2.24, 2.45) is 11.8 Å². The number of nitrogens with one attached hydrogen (secondary N) is 1. The quantitative estimate of drug-likeness (QED) is 0.460. The van der Waals surface area contributed by atoms with Crippen LogP contribution in [0.3, 0.4) is 0 Å². The third kappa shape index (κ3) is 4.53. The molecule has 2 unspecified atom stereocenters. The molecule has 3 nitrogen and oxygen atoms in total. The van der Waals surface area contributed by atoms with Crippen LogP contribution in [-0.4, -0.2) is 25.1 Å². The molecule has 1 aliphatic heterocycles. The van der Waals surface area contributed by atoms with Crippen LogP contribution in [0.15, 0.2) is 12.1 Å². The van der Waals surface area contributed by atoms with Gasteiger partial charge in [-0.25, -0.2) is 11.1 Å². The Hall–Kier alpha value is 0.576. The molecule has 2 atom stereocenters. The van der Waals surface area contributed by atoms with Crippen molar-refractivity contribution in [3.05, 3.63) is 42.6 Å². The molecule has 3 rings (SSSR count). The summed E-state index contributed by atoms with van der Waals surface area (Å²) in [7, 11) is 1.25. The zero-order valence-electron chi connectivity index (χ0n) is 11.9. The molecule has 0 radical (unpaired) electrons. The molecule has 0 spiro atoms. The Morgan fingerprint density at radius 1 is 1.37 bits per heavy atom. The van der Waals surface area contributed by atoms with Gasteiger partial charge in [-0.2, -0.15) is 7.05 Å². The van der Waals surface area contributed by atoms with Crippen LogP contribution < -0.4 is 56.3 Å². The molecule has 0 amide bonds. The number of aromatic nitrogens is 1. The molecule has 1 aromatic heterocycles. The number of halogens is 1. The van der Waals surface area contributed by atoms with E-state index in [4.69, 9.17) is 23.9 Å². The van der Waals surface area contributed by atoms with E-state index < -0.39 is 0 Å². The summed E-state index contributed by atoms with van der Waals surface area (Å²) in [5.74, 6) is 2.80. The SMILES string of the molecule is C[NH-].[CH-]=Cc1ccc(N2CC3CC3C2)nc1Cl.[CH3-].[K+]. The van der Waals surface area contributed by atoms with E-state index in [9.17, 15) is 0 Å². The summed E-state index contributed by atoms with van der Waals surface area (Å²) in [6, 6.07) is 3.92. The van der Waals surface area contributed by atoms with E-state index >= 15 is 0 Å². The predicted octanol–water partition coefficient (Wildman–Crippen LogP) is 0.760. The number of piperidine rings is 1. The maximum Gasteiger partial charge on any atom is 1.00 e. The first-order valence-electron chi connectivity index (χ1n) is 5.74. The minimum atomic E-state index is 0. The van der Waals surface area contributed by atoms with Crippen LogP contribution in [0.25, 0.3) is 11.8 Å². The van der Waals surface area contributed by atoms with E-state index in [-0.39, 0.29) is 58.8 Å². The number of rotatable bonds is 2. The topological polar surface area (TPSA) is 39.9 Å². The summed E-state index contributed by atoms with van der Waals surface area (Å²) in [4.78, 5) is 6.67. The van der Waals surface area contributed by atoms with E-state index in [1.807, 2.05) is 12.1 Å². The number of pyridine rings is 1. The number of fused-ring (bicyclic) bond motifs is 1. The van der Waals surface area contributed by atoms with Crippen molar-refractivity contribution in [2.45, 2.75) is 6.42 Å². The largest absolute Gasteiger partial charge is 1.00 e. The first-order valence-corrected chi connectivity index (χ1v) is 6.12. The van der Waals surface area contributed by atoms with Crippen molar-refractivity contribution in [1.29, 1.82) is 0 Å². The van der Waals surface area contributed by atoms with Crippen LogP contribution in [0, 0.1) is 25.8 Å². The molecule has 2 heterocycles. The van der Waals surface area contributed by atoms with Gasteiger partial charge in [-0.15, -0.1) is 11.6 Å². The van der Waals surface area contributed by atoms with Crippen LogP contribution >= 0.6 is 11.6 Å². The second-order valence-corrected chi connectivity index (χ2v) is 4.74. The Kier molecular flexibility index (Phi) is 9.04. The maximum atomic E-state index is 6.01. The molecule has 19 heavy (non-hydrogen) atoms. The van der Waals surface area contributed by atoms with Crippen molar-refractivity contribution < 1.29 is 51.4 Å². The maximum absolute atomic E-state index is 6.01. The van der Waals surface area contributed by atoms with Gasteiger partial charge < -0.3 is 18.1 Å². The third-order valence-electron chi connectivity index (χ3n) is 3.35. The van der Waals surface area contributed by atoms with Crippen molar-refractivity contribution >= 4 is 23.5 Å². The van der Waals surface area contributed by atoms with E-state index in [0.717, 1.165) is 36.3 Å². The monoisotopic (exact) mass is 303 g/mol. The van der Waals surface area contributed by atoms with E-state index in [0.29, 0.717) is 5.15 Å². The fourth-order valence-electron chi connectivity index (χ4n) is 2.32. The van der Waals surface area contributed by atoms with Gasteiger partial charge in [0.1, 0.15) is 5.82 Å². The molecule has 2 aliphatic rings. The smallest absolute Gasteiger partial charge is 0.680 e. The summed E-state index contributed by atoms with van der Waals surface area (Å²) in [5, 5.41) is 0.496. The van der Waals surface area contributed by atoms with Crippen molar-refractivity contribution in [3.63, 3.8) is 0 Å².